The first-order valence-corrected chi connectivity index (χ1v) is 7.01. The lowest BCUT2D eigenvalue weighted by molar-refractivity contribution is 0.307. The van der Waals surface area contributed by atoms with Gasteiger partial charge in [0.05, 0.1) is 18.0 Å². The first-order valence-electron chi connectivity index (χ1n) is 6.21. The molecule has 0 fully saturated rings. The molecule has 0 saturated carbocycles. The Hall–Kier alpha value is -1.82. The zero-order chi connectivity index (χ0) is 14.5. The number of anilines is 3. The predicted octanol–water partition coefficient (Wildman–Crippen LogP) is 4.10. The second-order valence-electron chi connectivity index (χ2n) is 4.19. The topological polar surface area (TPSA) is 60.2 Å². The van der Waals surface area contributed by atoms with E-state index >= 15 is 0 Å². The molecule has 4 nitrogen and oxygen atoms in total. The highest BCUT2D eigenvalue weighted by Gasteiger charge is 2.07. The van der Waals surface area contributed by atoms with Crippen LogP contribution in [0.2, 0.25) is 0 Å². The largest absolute Gasteiger partial charge is 0.476 e. The molecule has 0 bridgehead atoms. The number of benzene rings is 1. The van der Waals surface area contributed by atoms with Gasteiger partial charge in [0, 0.05) is 4.47 Å². The number of pyridine rings is 1. The molecule has 0 amide bonds. The smallest absolute Gasteiger partial charge is 0.239 e. The van der Waals surface area contributed by atoms with Gasteiger partial charge in [-0.2, -0.15) is 4.98 Å². The SMILES string of the molecule is CCCOc1nc(Nc2ccc(F)cc2Br)ccc1N. The van der Waals surface area contributed by atoms with Crippen LogP contribution < -0.4 is 15.8 Å². The zero-order valence-electron chi connectivity index (χ0n) is 11.0. The Morgan fingerprint density at radius 1 is 1.35 bits per heavy atom. The molecule has 0 aliphatic carbocycles. The number of nitrogens with two attached hydrogens (primary N) is 1. The summed E-state index contributed by atoms with van der Waals surface area (Å²) in [5.74, 6) is 0.673. The van der Waals surface area contributed by atoms with Crippen molar-refractivity contribution in [2.45, 2.75) is 13.3 Å². The van der Waals surface area contributed by atoms with Gasteiger partial charge in [0.25, 0.3) is 0 Å². The van der Waals surface area contributed by atoms with Crippen LogP contribution in [0, 0.1) is 5.82 Å². The molecule has 0 atom stereocenters. The molecule has 3 N–H and O–H groups in total. The molecule has 106 valence electrons. The van der Waals surface area contributed by atoms with Crippen LogP contribution in [0.15, 0.2) is 34.8 Å². The maximum absolute atomic E-state index is 13.0. The summed E-state index contributed by atoms with van der Waals surface area (Å²) in [6, 6.07) is 7.85. The minimum atomic E-state index is -0.306. The van der Waals surface area contributed by atoms with Crippen LogP contribution in [0.3, 0.4) is 0 Å². The first kappa shape index (κ1) is 14.6. The van der Waals surface area contributed by atoms with Gasteiger partial charge >= 0.3 is 0 Å². The van der Waals surface area contributed by atoms with E-state index in [1.165, 1.54) is 12.1 Å². The second kappa shape index (κ2) is 6.56. The van der Waals surface area contributed by atoms with Crippen molar-refractivity contribution in [3.63, 3.8) is 0 Å². The molecule has 1 aromatic heterocycles. The predicted molar refractivity (Wildman–Crippen MR) is 81.8 cm³/mol. The van der Waals surface area contributed by atoms with Crippen molar-refractivity contribution in [2.75, 3.05) is 17.7 Å². The van der Waals surface area contributed by atoms with E-state index in [1.54, 1.807) is 18.2 Å². The quantitative estimate of drug-likeness (QED) is 0.860. The van der Waals surface area contributed by atoms with Crippen molar-refractivity contribution in [1.29, 1.82) is 0 Å². The number of nitrogens with one attached hydrogen (secondary N) is 1. The molecule has 0 radical (unpaired) electrons. The van der Waals surface area contributed by atoms with Crippen molar-refractivity contribution in [1.82, 2.24) is 4.98 Å². The highest BCUT2D eigenvalue weighted by Crippen LogP contribution is 2.28. The number of aromatic nitrogens is 1. The molecule has 0 saturated heterocycles. The Labute approximate surface area is 125 Å². The average Bonchev–Trinajstić information content (AvgIpc) is 2.42. The van der Waals surface area contributed by atoms with Gasteiger partial charge in [-0.1, -0.05) is 6.92 Å². The molecule has 0 aliphatic rings. The summed E-state index contributed by atoms with van der Waals surface area (Å²) < 4.78 is 19.1. The highest BCUT2D eigenvalue weighted by molar-refractivity contribution is 9.10. The average molecular weight is 340 g/mol. The summed E-state index contributed by atoms with van der Waals surface area (Å²) in [5, 5.41) is 3.08. The first-order chi connectivity index (χ1) is 9.60. The second-order valence-corrected chi connectivity index (χ2v) is 5.04. The fourth-order valence-corrected chi connectivity index (χ4v) is 2.01. The molecular formula is C14H15BrFN3O. The number of ether oxygens (including phenoxy) is 1. The maximum atomic E-state index is 13.0. The van der Waals surface area contributed by atoms with E-state index in [4.69, 9.17) is 10.5 Å². The van der Waals surface area contributed by atoms with E-state index in [0.29, 0.717) is 34.2 Å². The van der Waals surface area contributed by atoms with Gasteiger partial charge < -0.3 is 15.8 Å². The number of hydrogen-bond acceptors (Lipinski definition) is 4. The van der Waals surface area contributed by atoms with E-state index in [2.05, 4.69) is 26.2 Å². The van der Waals surface area contributed by atoms with Gasteiger partial charge in [0.2, 0.25) is 5.88 Å². The minimum absolute atomic E-state index is 0.306. The van der Waals surface area contributed by atoms with Crippen LogP contribution >= 0.6 is 15.9 Å². The van der Waals surface area contributed by atoms with Crippen molar-refractivity contribution >= 4 is 33.1 Å². The molecule has 1 heterocycles. The van der Waals surface area contributed by atoms with Gasteiger partial charge in [-0.05, 0) is 52.7 Å². The van der Waals surface area contributed by atoms with E-state index in [0.717, 1.165) is 6.42 Å². The van der Waals surface area contributed by atoms with E-state index in [9.17, 15) is 4.39 Å². The maximum Gasteiger partial charge on any atom is 0.239 e. The Balaban J connectivity index is 2.20. The summed E-state index contributed by atoms with van der Waals surface area (Å²) in [6.07, 6.45) is 0.877. The molecule has 0 spiro atoms. The van der Waals surface area contributed by atoms with Gasteiger partial charge in [-0.15, -0.1) is 0 Å². The Morgan fingerprint density at radius 2 is 2.15 bits per heavy atom. The lowest BCUT2D eigenvalue weighted by Gasteiger charge is -2.11. The van der Waals surface area contributed by atoms with Gasteiger partial charge in [0.1, 0.15) is 11.6 Å². The van der Waals surface area contributed by atoms with Crippen LogP contribution in [-0.2, 0) is 0 Å². The molecule has 1 aromatic carbocycles. The fourth-order valence-electron chi connectivity index (χ4n) is 1.56. The summed E-state index contributed by atoms with van der Waals surface area (Å²) in [5.41, 5.74) is 7.00. The third-order valence-electron chi connectivity index (χ3n) is 2.53. The number of hydrogen-bond donors (Lipinski definition) is 2. The number of halogens is 2. The molecule has 6 heteroatoms. The Kier molecular flexibility index (Phi) is 4.79. The number of nitrogen functional groups attached to an aromatic ring is 1. The fraction of sp³-hybridized carbons (Fsp3) is 0.214. The summed E-state index contributed by atoms with van der Waals surface area (Å²) >= 11 is 3.29. The van der Waals surface area contributed by atoms with Crippen molar-refractivity contribution < 1.29 is 9.13 Å². The van der Waals surface area contributed by atoms with E-state index < -0.39 is 0 Å². The lowest BCUT2D eigenvalue weighted by Crippen LogP contribution is -2.03. The van der Waals surface area contributed by atoms with E-state index in [-0.39, 0.29) is 5.82 Å². The summed E-state index contributed by atoms with van der Waals surface area (Å²) in [6.45, 7) is 2.56. The molecular weight excluding hydrogens is 325 g/mol. The van der Waals surface area contributed by atoms with Crippen molar-refractivity contribution in [2.24, 2.45) is 0 Å². The number of nitrogens with zero attached hydrogens (tertiary/aromatic N) is 1. The zero-order valence-corrected chi connectivity index (χ0v) is 12.6. The molecule has 0 unspecified atom stereocenters. The van der Waals surface area contributed by atoms with Crippen molar-refractivity contribution in [3.05, 3.63) is 40.6 Å². The summed E-state index contributed by atoms with van der Waals surface area (Å²) in [4.78, 5) is 4.30. The highest BCUT2D eigenvalue weighted by atomic mass is 79.9. The Morgan fingerprint density at radius 3 is 2.85 bits per heavy atom. The van der Waals surface area contributed by atoms with Crippen LogP contribution in [-0.4, -0.2) is 11.6 Å². The van der Waals surface area contributed by atoms with Crippen molar-refractivity contribution in [3.8, 4) is 5.88 Å². The molecule has 20 heavy (non-hydrogen) atoms. The van der Waals surface area contributed by atoms with Crippen LogP contribution in [0.4, 0.5) is 21.6 Å². The molecule has 2 rings (SSSR count). The van der Waals surface area contributed by atoms with Gasteiger partial charge in [0.15, 0.2) is 0 Å². The lowest BCUT2D eigenvalue weighted by atomic mass is 10.3. The Bertz CT molecular complexity index is 607. The van der Waals surface area contributed by atoms with Crippen LogP contribution in [0.25, 0.3) is 0 Å². The van der Waals surface area contributed by atoms with E-state index in [1.807, 2.05) is 6.92 Å². The summed E-state index contributed by atoms with van der Waals surface area (Å²) in [7, 11) is 0. The standard InChI is InChI=1S/C14H15BrFN3O/c1-2-7-20-14-11(17)4-6-13(19-14)18-12-5-3-9(16)8-10(12)15/h3-6,8H,2,7,17H2,1H3,(H,18,19). The normalized spacial score (nSPS) is 10.3. The minimum Gasteiger partial charge on any atom is -0.476 e. The van der Waals surface area contributed by atoms with Crippen LogP contribution in [0.1, 0.15) is 13.3 Å². The van der Waals surface area contributed by atoms with Crippen LogP contribution in [0.5, 0.6) is 5.88 Å². The monoisotopic (exact) mass is 339 g/mol. The van der Waals surface area contributed by atoms with Gasteiger partial charge in [-0.3, -0.25) is 0 Å². The number of rotatable bonds is 5. The third-order valence-corrected chi connectivity index (χ3v) is 3.18. The molecule has 0 aliphatic heterocycles. The van der Waals surface area contributed by atoms with Gasteiger partial charge in [-0.25, -0.2) is 4.39 Å². The molecule has 2 aromatic rings. The third kappa shape index (κ3) is 3.60.